The molecular weight excluding hydrogens is 322 g/mol. The Morgan fingerprint density at radius 1 is 1.11 bits per heavy atom. The lowest BCUT2D eigenvalue weighted by atomic mass is 10.1. The SMILES string of the molecule is CCc1ccc(N(C)c2cccc(Cl)c2CBr)cc1. The van der Waals surface area contributed by atoms with Gasteiger partial charge in [0.15, 0.2) is 0 Å². The Kier molecular flexibility index (Phi) is 4.89. The van der Waals surface area contributed by atoms with Crippen LogP contribution in [0.3, 0.4) is 0 Å². The van der Waals surface area contributed by atoms with Crippen LogP contribution in [0.4, 0.5) is 11.4 Å². The maximum atomic E-state index is 6.25. The van der Waals surface area contributed by atoms with Gasteiger partial charge in [-0.15, -0.1) is 0 Å². The zero-order valence-corrected chi connectivity index (χ0v) is 13.5. The van der Waals surface area contributed by atoms with Gasteiger partial charge in [-0.3, -0.25) is 0 Å². The van der Waals surface area contributed by atoms with E-state index < -0.39 is 0 Å². The molecule has 0 bridgehead atoms. The molecule has 2 rings (SSSR count). The summed E-state index contributed by atoms with van der Waals surface area (Å²) in [7, 11) is 2.07. The van der Waals surface area contributed by atoms with Crippen LogP contribution in [0.25, 0.3) is 0 Å². The van der Waals surface area contributed by atoms with Crippen LogP contribution in [-0.4, -0.2) is 7.05 Å². The van der Waals surface area contributed by atoms with Crippen molar-refractivity contribution in [2.45, 2.75) is 18.7 Å². The summed E-state index contributed by atoms with van der Waals surface area (Å²) in [5.41, 5.74) is 4.77. The van der Waals surface area contributed by atoms with Gasteiger partial charge in [0, 0.05) is 34.3 Å². The van der Waals surface area contributed by atoms with Crippen LogP contribution in [0.5, 0.6) is 0 Å². The van der Waals surface area contributed by atoms with Crippen LogP contribution in [-0.2, 0) is 11.8 Å². The summed E-state index contributed by atoms with van der Waals surface area (Å²) >= 11 is 9.76. The zero-order valence-electron chi connectivity index (χ0n) is 11.2. The standard InChI is InChI=1S/C16H17BrClN/c1-3-12-7-9-13(10-8-12)19(2)16-6-4-5-15(18)14(16)11-17/h4-10H,3,11H2,1-2H3. The van der Waals surface area contributed by atoms with Gasteiger partial charge in [-0.2, -0.15) is 0 Å². The Balaban J connectivity index is 2.37. The van der Waals surface area contributed by atoms with Crippen LogP contribution in [0.15, 0.2) is 42.5 Å². The number of rotatable bonds is 4. The zero-order chi connectivity index (χ0) is 13.8. The van der Waals surface area contributed by atoms with E-state index in [2.05, 4.69) is 65.1 Å². The first-order chi connectivity index (χ1) is 9.17. The minimum atomic E-state index is 0.749. The van der Waals surface area contributed by atoms with Crippen LogP contribution < -0.4 is 4.90 Å². The number of hydrogen-bond donors (Lipinski definition) is 0. The molecule has 0 N–H and O–H groups in total. The Hall–Kier alpha value is -0.990. The highest BCUT2D eigenvalue weighted by Gasteiger charge is 2.11. The lowest BCUT2D eigenvalue weighted by Crippen LogP contribution is -2.11. The largest absolute Gasteiger partial charge is 0.344 e. The van der Waals surface area contributed by atoms with Crippen molar-refractivity contribution in [3.8, 4) is 0 Å². The monoisotopic (exact) mass is 337 g/mol. The van der Waals surface area contributed by atoms with E-state index in [1.165, 1.54) is 11.3 Å². The highest BCUT2D eigenvalue weighted by atomic mass is 79.9. The van der Waals surface area contributed by atoms with Gasteiger partial charge in [0.2, 0.25) is 0 Å². The van der Waals surface area contributed by atoms with Gasteiger partial charge in [0.1, 0.15) is 0 Å². The van der Waals surface area contributed by atoms with Crippen molar-refractivity contribution in [1.82, 2.24) is 0 Å². The third-order valence-corrected chi connectivity index (χ3v) is 4.24. The van der Waals surface area contributed by atoms with Crippen LogP contribution in [0, 0.1) is 0 Å². The fourth-order valence-electron chi connectivity index (χ4n) is 2.09. The minimum Gasteiger partial charge on any atom is -0.344 e. The molecule has 0 saturated heterocycles. The van der Waals surface area contributed by atoms with Crippen molar-refractivity contribution in [1.29, 1.82) is 0 Å². The van der Waals surface area contributed by atoms with Crippen molar-refractivity contribution in [3.63, 3.8) is 0 Å². The molecule has 0 saturated carbocycles. The average Bonchev–Trinajstić information content (AvgIpc) is 2.46. The Morgan fingerprint density at radius 2 is 1.79 bits per heavy atom. The molecule has 0 radical (unpaired) electrons. The summed E-state index contributed by atoms with van der Waals surface area (Å²) in [4.78, 5) is 2.17. The third kappa shape index (κ3) is 3.13. The second kappa shape index (κ2) is 6.44. The highest BCUT2D eigenvalue weighted by molar-refractivity contribution is 9.08. The van der Waals surface area contributed by atoms with Gasteiger partial charge in [0.05, 0.1) is 0 Å². The van der Waals surface area contributed by atoms with E-state index in [-0.39, 0.29) is 0 Å². The number of halogens is 2. The van der Waals surface area contributed by atoms with E-state index >= 15 is 0 Å². The molecule has 100 valence electrons. The predicted molar refractivity (Wildman–Crippen MR) is 88.0 cm³/mol. The fourth-order valence-corrected chi connectivity index (χ4v) is 3.08. The molecule has 0 unspecified atom stereocenters. The maximum absolute atomic E-state index is 6.25. The summed E-state index contributed by atoms with van der Waals surface area (Å²) in [5, 5.41) is 1.55. The van der Waals surface area contributed by atoms with E-state index in [1.807, 2.05) is 12.1 Å². The molecule has 0 atom stereocenters. The number of aryl methyl sites for hydroxylation is 1. The Labute approximate surface area is 128 Å². The normalized spacial score (nSPS) is 10.5. The van der Waals surface area contributed by atoms with E-state index in [9.17, 15) is 0 Å². The molecule has 0 aromatic heterocycles. The lowest BCUT2D eigenvalue weighted by Gasteiger charge is -2.23. The first-order valence-corrected chi connectivity index (χ1v) is 7.83. The Bertz CT molecular complexity index is 551. The average molecular weight is 339 g/mol. The first-order valence-electron chi connectivity index (χ1n) is 6.33. The van der Waals surface area contributed by atoms with Gasteiger partial charge >= 0.3 is 0 Å². The maximum Gasteiger partial charge on any atom is 0.0467 e. The van der Waals surface area contributed by atoms with Crippen molar-refractivity contribution in [2.24, 2.45) is 0 Å². The lowest BCUT2D eigenvalue weighted by molar-refractivity contribution is 1.13. The highest BCUT2D eigenvalue weighted by Crippen LogP contribution is 2.33. The minimum absolute atomic E-state index is 0.749. The molecule has 2 aromatic rings. The molecule has 0 heterocycles. The molecule has 0 amide bonds. The number of nitrogens with zero attached hydrogens (tertiary/aromatic N) is 1. The molecule has 0 spiro atoms. The van der Waals surface area contributed by atoms with Gasteiger partial charge in [-0.05, 0) is 36.2 Å². The van der Waals surface area contributed by atoms with E-state index in [0.717, 1.165) is 28.0 Å². The number of alkyl halides is 1. The Morgan fingerprint density at radius 3 is 2.37 bits per heavy atom. The van der Waals surface area contributed by atoms with Crippen molar-refractivity contribution in [2.75, 3.05) is 11.9 Å². The quantitative estimate of drug-likeness (QED) is 0.659. The summed E-state index contributed by atoms with van der Waals surface area (Å²) in [6, 6.07) is 14.6. The predicted octanol–water partition coefficient (Wildman–Crippen LogP) is 5.57. The first kappa shape index (κ1) is 14.4. The molecule has 3 heteroatoms. The topological polar surface area (TPSA) is 3.24 Å². The molecule has 0 aliphatic rings. The van der Waals surface area contributed by atoms with Gasteiger partial charge < -0.3 is 4.90 Å². The smallest absolute Gasteiger partial charge is 0.0467 e. The van der Waals surface area contributed by atoms with Gasteiger partial charge in [0.25, 0.3) is 0 Å². The number of hydrogen-bond acceptors (Lipinski definition) is 1. The second-order valence-electron chi connectivity index (χ2n) is 4.45. The summed E-state index contributed by atoms with van der Waals surface area (Å²) in [6.07, 6.45) is 1.06. The van der Waals surface area contributed by atoms with Crippen molar-refractivity contribution < 1.29 is 0 Å². The van der Waals surface area contributed by atoms with Crippen molar-refractivity contribution in [3.05, 3.63) is 58.6 Å². The van der Waals surface area contributed by atoms with E-state index in [4.69, 9.17) is 11.6 Å². The van der Waals surface area contributed by atoms with Crippen molar-refractivity contribution >= 4 is 38.9 Å². The van der Waals surface area contributed by atoms with E-state index in [1.54, 1.807) is 0 Å². The fraction of sp³-hybridized carbons (Fsp3) is 0.250. The van der Waals surface area contributed by atoms with E-state index in [0.29, 0.717) is 0 Å². The molecular formula is C16H17BrClN. The summed E-state index contributed by atoms with van der Waals surface area (Å²) < 4.78 is 0. The number of anilines is 2. The van der Waals surface area contributed by atoms with Crippen LogP contribution in [0.1, 0.15) is 18.1 Å². The third-order valence-electron chi connectivity index (χ3n) is 3.32. The summed E-state index contributed by atoms with van der Waals surface area (Å²) in [6.45, 7) is 2.17. The van der Waals surface area contributed by atoms with Gasteiger partial charge in [-0.1, -0.05) is 52.7 Å². The molecule has 19 heavy (non-hydrogen) atoms. The van der Waals surface area contributed by atoms with Crippen LogP contribution in [0.2, 0.25) is 5.02 Å². The molecule has 0 aliphatic heterocycles. The summed E-state index contributed by atoms with van der Waals surface area (Å²) in [5.74, 6) is 0. The number of benzene rings is 2. The van der Waals surface area contributed by atoms with Crippen LogP contribution >= 0.6 is 27.5 Å². The molecule has 1 nitrogen and oxygen atoms in total. The molecule has 0 fully saturated rings. The second-order valence-corrected chi connectivity index (χ2v) is 5.42. The molecule has 2 aromatic carbocycles. The molecule has 0 aliphatic carbocycles. The van der Waals surface area contributed by atoms with Gasteiger partial charge in [-0.25, -0.2) is 0 Å².